The van der Waals surface area contributed by atoms with Crippen molar-refractivity contribution in [2.24, 2.45) is 0 Å². The smallest absolute Gasteiger partial charge is 0.290 e. The van der Waals surface area contributed by atoms with Crippen LogP contribution < -0.4 is 5.32 Å². The van der Waals surface area contributed by atoms with Gasteiger partial charge < -0.3 is 19.4 Å². The Kier molecular flexibility index (Phi) is 5.80. The van der Waals surface area contributed by atoms with Gasteiger partial charge in [0.15, 0.2) is 5.76 Å². The van der Waals surface area contributed by atoms with Gasteiger partial charge in [0.25, 0.3) is 5.91 Å². The van der Waals surface area contributed by atoms with Crippen LogP contribution in [0.1, 0.15) is 27.2 Å². The predicted molar refractivity (Wildman–Crippen MR) is 108 cm³/mol. The average molecular weight is 380 g/mol. The van der Waals surface area contributed by atoms with E-state index in [4.69, 9.17) is 9.15 Å². The van der Waals surface area contributed by atoms with E-state index >= 15 is 0 Å². The first-order chi connectivity index (χ1) is 13.4. The molecular formula is C22H24N2O4. The Balaban J connectivity index is 1.77. The van der Waals surface area contributed by atoms with E-state index in [-0.39, 0.29) is 30.7 Å². The molecule has 146 valence electrons. The minimum Gasteiger partial charge on any atom is -0.451 e. The second kappa shape index (κ2) is 8.27. The highest BCUT2D eigenvalue weighted by atomic mass is 16.5. The number of hydrogen-bond donors (Lipinski definition) is 1. The van der Waals surface area contributed by atoms with Crippen LogP contribution in [0.4, 0.5) is 5.69 Å². The molecule has 3 rings (SSSR count). The van der Waals surface area contributed by atoms with Crippen LogP contribution in [-0.4, -0.2) is 37.4 Å². The minimum absolute atomic E-state index is 0.0876. The predicted octanol–water partition coefficient (Wildman–Crippen LogP) is 3.91. The summed E-state index contributed by atoms with van der Waals surface area (Å²) >= 11 is 0. The zero-order valence-electron chi connectivity index (χ0n) is 16.5. The second-order valence-corrected chi connectivity index (χ2v) is 6.80. The fourth-order valence-corrected chi connectivity index (χ4v) is 3.10. The Bertz CT molecular complexity index is 1020. The van der Waals surface area contributed by atoms with E-state index in [0.29, 0.717) is 11.1 Å². The van der Waals surface area contributed by atoms with Crippen molar-refractivity contribution < 1.29 is 18.7 Å². The summed E-state index contributed by atoms with van der Waals surface area (Å²) in [4.78, 5) is 26.7. The van der Waals surface area contributed by atoms with E-state index in [1.807, 2.05) is 50.2 Å². The van der Waals surface area contributed by atoms with Crippen LogP contribution in [0.3, 0.4) is 0 Å². The van der Waals surface area contributed by atoms with Crippen molar-refractivity contribution in [3.05, 3.63) is 64.9 Å². The molecule has 0 fully saturated rings. The molecule has 0 bridgehead atoms. The summed E-state index contributed by atoms with van der Waals surface area (Å²) in [5.74, 6) is -0.432. The Labute approximate surface area is 164 Å². The Morgan fingerprint density at radius 2 is 1.86 bits per heavy atom. The van der Waals surface area contributed by atoms with Gasteiger partial charge in [-0.3, -0.25) is 9.59 Å². The second-order valence-electron chi connectivity index (χ2n) is 6.80. The van der Waals surface area contributed by atoms with Crippen molar-refractivity contribution in [1.29, 1.82) is 0 Å². The van der Waals surface area contributed by atoms with E-state index in [9.17, 15) is 9.59 Å². The molecule has 3 aromatic rings. The number of furan rings is 1. The number of carbonyl (C=O) groups excluding carboxylic acids is 2. The number of ether oxygens (including phenoxy) is 1. The van der Waals surface area contributed by atoms with Gasteiger partial charge in [0.1, 0.15) is 5.58 Å². The number of nitrogens with zero attached hydrogens (tertiary/aromatic N) is 1. The number of benzene rings is 2. The first-order valence-electron chi connectivity index (χ1n) is 9.03. The number of nitrogens with one attached hydrogen (secondary N) is 1. The van der Waals surface area contributed by atoms with E-state index in [1.54, 1.807) is 20.2 Å². The van der Waals surface area contributed by atoms with E-state index in [2.05, 4.69) is 5.32 Å². The lowest BCUT2D eigenvalue weighted by Crippen LogP contribution is -2.35. The molecule has 1 aromatic heterocycles. The van der Waals surface area contributed by atoms with Crippen molar-refractivity contribution in [1.82, 2.24) is 4.90 Å². The number of para-hydroxylation sites is 1. The first-order valence-corrected chi connectivity index (χ1v) is 9.03. The molecule has 0 aliphatic carbocycles. The number of fused-ring (bicyclic) bond motifs is 1. The third-order valence-corrected chi connectivity index (χ3v) is 4.79. The maximum atomic E-state index is 12.9. The molecule has 0 unspecified atom stereocenters. The van der Waals surface area contributed by atoms with Crippen molar-refractivity contribution in [2.45, 2.75) is 20.5 Å². The molecule has 28 heavy (non-hydrogen) atoms. The molecule has 2 aromatic carbocycles. The van der Waals surface area contributed by atoms with Gasteiger partial charge in [-0.15, -0.1) is 0 Å². The standard InChI is InChI=1S/C22H24N2O4/c1-14-8-7-10-18(15(14)2)23-20(25)12-24(3)22(26)21-17(13-27-4)16-9-5-6-11-19(16)28-21/h5-11H,12-13H2,1-4H3,(H,23,25). The van der Waals surface area contributed by atoms with E-state index in [0.717, 1.165) is 22.2 Å². The van der Waals surface area contributed by atoms with Gasteiger partial charge in [-0.05, 0) is 37.1 Å². The van der Waals surface area contributed by atoms with Gasteiger partial charge in [0, 0.05) is 30.8 Å². The quantitative estimate of drug-likeness (QED) is 0.704. The molecule has 0 saturated carbocycles. The number of likely N-dealkylation sites (N-methyl/N-ethyl adjacent to an activating group) is 1. The lowest BCUT2D eigenvalue weighted by atomic mass is 10.1. The number of methoxy groups -OCH3 is 1. The van der Waals surface area contributed by atoms with Crippen LogP contribution in [0.5, 0.6) is 0 Å². The normalized spacial score (nSPS) is 10.9. The number of anilines is 1. The van der Waals surface area contributed by atoms with Crippen molar-refractivity contribution in [2.75, 3.05) is 26.0 Å². The third-order valence-electron chi connectivity index (χ3n) is 4.79. The molecule has 0 spiro atoms. The number of rotatable bonds is 6. The maximum absolute atomic E-state index is 12.9. The Morgan fingerprint density at radius 3 is 2.61 bits per heavy atom. The molecule has 0 aliphatic heterocycles. The number of carbonyl (C=O) groups is 2. The molecule has 2 amide bonds. The average Bonchev–Trinajstić information content (AvgIpc) is 3.04. The lowest BCUT2D eigenvalue weighted by Gasteiger charge is -2.17. The van der Waals surface area contributed by atoms with Gasteiger partial charge in [0.2, 0.25) is 5.91 Å². The zero-order chi connectivity index (χ0) is 20.3. The molecule has 0 saturated heterocycles. The molecule has 6 nitrogen and oxygen atoms in total. The third kappa shape index (κ3) is 3.92. The lowest BCUT2D eigenvalue weighted by molar-refractivity contribution is -0.116. The van der Waals surface area contributed by atoms with E-state index < -0.39 is 0 Å². The fourth-order valence-electron chi connectivity index (χ4n) is 3.10. The molecule has 0 aliphatic rings. The van der Waals surface area contributed by atoms with Crippen molar-refractivity contribution in [3.8, 4) is 0 Å². The summed E-state index contributed by atoms with van der Waals surface area (Å²) in [5, 5.41) is 3.70. The van der Waals surface area contributed by atoms with Crippen molar-refractivity contribution >= 4 is 28.5 Å². The van der Waals surface area contributed by atoms with Crippen LogP contribution in [0.15, 0.2) is 46.9 Å². The molecule has 0 radical (unpaired) electrons. The summed E-state index contributed by atoms with van der Waals surface area (Å²) in [6.07, 6.45) is 0. The van der Waals surface area contributed by atoms with E-state index in [1.165, 1.54) is 4.90 Å². The largest absolute Gasteiger partial charge is 0.451 e. The molecular weight excluding hydrogens is 356 g/mol. The summed E-state index contributed by atoms with van der Waals surface area (Å²) in [6, 6.07) is 13.1. The van der Waals surface area contributed by atoms with Crippen LogP contribution in [-0.2, 0) is 16.1 Å². The summed E-state index contributed by atoms with van der Waals surface area (Å²) in [7, 11) is 3.14. The van der Waals surface area contributed by atoms with Crippen LogP contribution in [0.2, 0.25) is 0 Å². The van der Waals surface area contributed by atoms with Gasteiger partial charge in [0.05, 0.1) is 13.2 Å². The first kappa shape index (κ1) is 19.6. The number of aryl methyl sites for hydroxylation is 1. The van der Waals surface area contributed by atoms with Gasteiger partial charge in [-0.1, -0.05) is 30.3 Å². The van der Waals surface area contributed by atoms with Crippen LogP contribution >= 0.6 is 0 Å². The summed E-state index contributed by atoms with van der Waals surface area (Å²) < 4.78 is 11.0. The molecule has 1 N–H and O–H groups in total. The molecule has 6 heteroatoms. The highest BCUT2D eigenvalue weighted by molar-refractivity contribution is 6.01. The van der Waals surface area contributed by atoms with Gasteiger partial charge in [-0.25, -0.2) is 0 Å². The summed E-state index contributed by atoms with van der Waals surface area (Å²) in [5.41, 5.74) is 4.14. The fraction of sp³-hybridized carbons (Fsp3) is 0.273. The topological polar surface area (TPSA) is 71.8 Å². The number of amides is 2. The zero-order valence-corrected chi connectivity index (χ0v) is 16.5. The van der Waals surface area contributed by atoms with Crippen molar-refractivity contribution in [3.63, 3.8) is 0 Å². The SMILES string of the molecule is COCc1c(C(=O)N(C)CC(=O)Nc2cccc(C)c2C)oc2ccccc12. The Hall–Kier alpha value is -3.12. The van der Waals surface area contributed by atoms with Crippen LogP contribution in [0, 0.1) is 13.8 Å². The minimum atomic E-state index is -0.362. The molecule has 1 heterocycles. The van der Waals surface area contributed by atoms with Gasteiger partial charge in [-0.2, -0.15) is 0 Å². The monoisotopic (exact) mass is 380 g/mol. The maximum Gasteiger partial charge on any atom is 0.290 e. The number of hydrogen-bond acceptors (Lipinski definition) is 4. The van der Waals surface area contributed by atoms with Gasteiger partial charge >= 0.3 is 0 Å². The Morgan fingerprint density at radius 1 is 1.11 bits per heavy atom. The molecule has 0 atom stereocenters. The highest BCUT2D eigenvalue weighted by Crippen LogP contribution is 2.27. The summed E-state index contributed by atoms with van der Waals surface area (Å²) in [6.45, 7) is 4.10. The van der Waals surface area contributed by atoms with Crippen LogP contribution in [0.25, 0.3) is 11.0 Å². The highest BCUT2D eigenvalue weighted by Gasteiger charge is 2.24.